The van der Waals surface area contributed by atoms with Crippen molar-refractivity contribution in [1.82, 2.24) is 0 Å². The van der Waals surface area contributed by atoms with Crippen LogP contribution in [0.25, 0.3) is 0 Å². The van der Waals surface area contributed by atoms with Crippen LogP contribution in [0.5, 0.6) is 5.75 Å². The number of benzene rings is 2. The molecule has 3 rings (SSSR count). The zero-order valence-electron chi connectivity index (χ0n) is 15.6. The molecule has 6 heteroatoms. The molecule has 0 bridgehead atoms. The van der Waals surface area contributed by atoms with Gasteiger partial charge in [-0.2, -0.15) is 0 Å². The monoisotopic (exact) mass is 386 g/mol. The number of hydrogen-bond donors (Lipinski definition) is 1. The fourth-order valence-corrected chi connectivity index (χ4v) is 4.16. The minimum Gasteiger partial charge on any atom is -0.492 e. The summed E-state index contributed by atoms with van der Waals surface area (Å²) < 4.78 is 11.3. The van der Waals surface area contributed by atoms with Crippen LogP contribution >= 0.6 is 11.8 Å². The molecule has 0 saturated heterocycles. The van der Waals surface area contributed by atoms with Crippen LogP contribution in [-0.4, -0.2) is 44.1 Å². The Kier molecular flexibility index (Phi) is 7.01. The second kappa shape index (κ2) is 9.67. The molecule has 0 spiro atoms. The predicted octanol–water partition coefficient (Wildman–Crippen LogP) is 3.11. The summed E-state index contributed by atoms with van der Waals surface area (Å²) in [5.41, 5.74) is 7.67. The number of anilines is 1. The van der Waals surface area contributed by atoms with E-state index in [0.717, 1.165) is 30.2 Å². The molecule has 0 fully saturated rings. The average Bonchev–Trinajstić information content (AvgIpc) is 2.69. The summed E-state index contributed by atoms with van der Waals surface area (Å²) in [7, 11) is 0. The van der Waals surface area contributed by atoms with E-state index in [0.29, 0.717) is 19.6 Å². The Bertz CT molecular complexity index is 751. The van der Waals surface area contributed by atoms with E-state index in [1.807, 2.05) is 43.0 Å². The van der Waals surface area contributed by atoms with Gasteiger partial charge in [-0.25, -0.2) is 0 Å². The average molecular weight is 387 g/mol. The number of carbonyl (C=O) groups is 1. The van der Waals surface area contributed by atoms with Gasteiger partial charge in [-0.3, -0.25) is 4.79 Å². The number of rotatable bonds is 9. The SMILES string of the molecule is CCOC(Cc1ccc(OCCN2CCSc3ccccc32)cc1)C(N)=O. The molecule has 2 aromatic carbocycles. The summed E-state index contributed by atoms with van der Waals surface area (Å²) in [5, 5.41) is 0. The molecule has 2 N–H and O–H groups in total. The lowest BCUT2D eigenvalue weighted by Gasteiger charge is -2.30. The largest absolute Gasteiger partial charge is 0.492 e. The highest BCUT2D eigenvalue weighted by molar-refractivity contribution is 7.99. The lowest BCUT2D eigenvalue weighted by atomic mass is 10.1. The molecule has 1 atom stereocenters. The summed E-state index contributed by atoms with van der Waals surface area (Å²) in [4.78, 5) is 15.1. The Labute approximate surface area is 164 Å². The van der Waals surface area contributed by atoms with Crippen molar-refractivity contribution in [1.29, 1.82) is 0 Å². The highest BCUT2D eigenvalue weighted by Gasteiger charge is 2.17. The van der Waals surface area contributed by atoms with Crippen LogP contribution < -0.4 is 15.4 Å². The van der Waals surface area contributed by atoms with Crippen LogP contribution in [0.1, 0.15) is 12.5 Å². The van der Waals surface area contributed by atoms with E-state index >= 15 is 0 Å². The molecule has 27 heavy (non-hydrogen) atoms. The molecule has 1 aliphatic heterocycles. The lowest BCUT2D eigenvalue weighted by molar-refractivity contribution is -0.129. The zero-order valence-corrected chi connectivity index (χ0v) is 16.4. The van der Waals surface area contributed by atoms with Crippen LogP contribution in [0.3, 0.4) is 0 Å². The molecule has 1 amide bonds. The third-order valence-corrected chi connectivity index (χ3v) is 5.53. The van der Waals surface area contributed by atoms with Gasteiger partial charge < -0.3 is 20.1 Å². The highest BCUT2D eigenvalue weighted by Crippen LogP contribution is 2.33. The minimum absolute atomic E-state index is 0.433. The maximum absolute atomic E-state index is 11.4. The molecule has 5 nitrogen and oxygen atoms in total. The highest BCUT2D eigenvalue weighted by atomic mass is 32.2. The number of nitrogens with two attached hydrogens (primary N) is 1. The molecule has 1 heterocycles. The number of primary amides is 1. The number of para-hydroxylation sites is 1. The summed E-state index contributed by atoms with van der Waals surface area (Å²) >= 11 is 1.91. The van der Waals surface area contributed by atoms with Crippen molar-refractivity contribution in [3.8, 4) is 5.75 Å². The number of nitrogens with zero attached hydrogens (tertiary/aromatic N) is 1. The van der Waals surface area contributed by atoms with E-state index < -0.39 is 12.0 Å². The molecule has 1 unspecified atom stereocenters. The van der Waals surface area contributed by atoms with Crippen molar-refractivity contribution in [3.05, 3.63) is 54.1 Å². The summed E-state index contributed by atoms with van der Waals surface area (Å²) in [6.45, 7) is 4.84. The fraction of sp³-hybridized carbons (Fsp3) is 0.381. The molecule has 0 aromatic heterocycles. The zero-order chi connectivity index (χ0) is 19.1. The first kappa shape index (κ1) is 19.6. The van der Waals surface area contributed by atoms with Gasteiger partial charge in [0, 0.05) is 30.2 Å². The number of fused-ring (bicyclic) bond motifs is 1. The van der Waals surface area contributed by atoms with E-state index in [9.17, 15) is 4.79 Å². The van der Waals surface area contributed by atoms with Crippen LogP contribution in [0.15, 0.2) is 53.4 Å². The maximum Gasteiger partial charge on any atom is 0.246 e. The van der Waals surface area contributed by atoms with E-state index in [-0.39, 0.29) is 0 Å². The molecule has 0 saturated carbocycles. The maximum atomic E-state index is 11.4. The van der Waals surface area contributed by atoms with Crippen LogP contribution in [0.2, 0.25) is 0 Å². The van der Waals surface area contributed by atoms with E-state index in [1.165, 1.54) is 10.6 Å². The molecule has 144 valence electrons. The van der Waals surface area contributed by atoms with Crippen molar-refractivity contribution in [3.63, 3.8) is 0 Å². The van der Waals surface area contributed by atoms with E-state index in [1.54, 1.807) is 0 Å². The molecular weight excluding hydrogens is 360 g/mol. The van der Waals surface area contributed by atoms with Gasteiger partial charge in [-0.1, -0.05) is 24.3 Å². The van der Waals surface area contributed by atoms with Crippen LogP contribution in [0, 0.1) is 0 Å². The third kappa shape index (κ3) is 5.40. The van der Waals surface area contributed by atoms with Crippen molar-refractivity contribution < 1.29 is 14.3 Å². The Hall–Kier alpha value is -2.18. The number of ether oxygens (including phenoxy) is 2. The third-order valence-electron chi connectivity index (χ3n) is 4.48. The molecule has 0 radical (unpaired) electrons. The Morgan fingerprint density at radius 3 is 2.74 bits per heavy atom. The van der Waals surface area contributed by atoms with E-state index in [2.05, 4.69) is 29.2 Å². The first-order chi connectivity index (χ1) is 13.2. The predicted molar refractivity (Wildman–Crippen MR) is 110 cm³/mol. The van der Waals surface area contributed by atoms with Gasteiger partial charge in [0.05, 0.1) is 12.2 Å². The molecule has 2 aromatic rings. The van der Waals surface area contributed by atoms with Gasteiger partial charge in [-0.15, -0.1) is 11.8 Å². The smallest absolute Gasteiger partial charge is 0.246 e. The van der Waals surface area contributed by atoms with Gasteiger partial charge in [-0.05, 0) is 36.8 Å². The second-order valence-electron chi connectivity index (χ2n) is 6.35. The van der Waals surface area contributed by atoms with Crippen molar-refractivity contribution >= 4 is 23.4 Å². The Morgan fingerprint density at radius 1 is 1.22 bits per heavy atom. The molecular formula is C21H26N2O3S. The van der Waals surface area contributed by atoms with Crippen LogP contribution in [-0.2, 0) is 16.0 Å². The summed E-state index contributed by atoms with van der Waals surface area (Å²) in [6.07, 6.45) is -0.107. The Morgan fingerprint density at radius 2 is 2.00 bits per heavy atom. The summed E-state index contributed by atoms with van der Waals surface area (Å²) in [5.74, 6) is 1.50. The molecule has 1 aliphatic rings. The van der Waals surface area contributed by atoms with Gasteiger partial charge in [0.1, 0.15) is 18.5 Å². The lowest BCUT2D eigenvalue weighted by Crippen LogP contribution is -2.33. The normalized spacial score (nSPS) is 14.5. The van der Waals surface area contributed by atoms with Crippen molar-refractivity contribution in [2.75, 3.05) is 37.0 Å². The van der Waals surface area contributed by atoms with Crippen molar-refractivity contribution in [2.24, 2.45) is 5.73 Å². The number of carbonyl (C=O) groups excluding carboxylic acids is 1. The quantitative estimate of drug-likeness (QED) is 0.717. The minimum atomic E-state index is -0.584. The Balaban J connectivity index is 1.50. The van der Waals surface area contributed by atoms with Crippen molar-refractivity contribution in [2.45, 2.75) is 24.3 Å². The van der Waals surface area contributed by atoms with Gasteiger partial charge in [0.2, 0.25) is 5.91 Å². The van der Waals surface area contributed by atoms with Crippen LogP contribution in [0.4, 0.5) is 5.69 Å². The van der Waals surface area contributed by atoms with Gasteiger partial charge in [0.15, 0.2) is 0 Å². The summed E-state index contributed by atoms with van der Waals surface area (Å²) in [6, 6.07) is 16.3. The van der Waals surface area contributed by atoms with Gasteiger partial charge in [0.25, 0.3) is 0 Å². The number of thioether (sulfide) groups is 1. The number of amides is 1. The fourth-order valence-electron chi connectivity index (χ4n) is 3.11. The van der Waals surface area contributed by atoms with Gasteiger partial charge >= 0.3 is 0 Å². The first-order valence-corrected chi connectivity index (χ1v) is 10.3. The second-order valence-corrected chi connectivity index (χ2v) is 7.48. The number of hydrogen-bond acceptors (Lipinski definition) is 5. The van der Waals surface area contributed by atoms with E-state index in [4.69, 9.17) is 15.2 Å². The molecule has 0 aliphatic carbocycles. The standard InChI is InChI=1S/C21H26N2O3S/c1-2-25-19(21(22)24)15-16-7-9-17(10-8-16)26-13-11-23-12-14-27-20-6-4-3-5-18(20)23/h3-10,19H,2,11-15H2,1H3,(H2,22,24). The first-order valence-electron chi connectivity index (χ1n) is 9.27. The topological polar surface area (TPSA) is 64.8 Å².